The third-order valence-electron chi connectivity index (χ3n) is 5.84. The lowest BCUT2D eigenvalue weighted by atomic mass is 9.81. The number of anilines is 1. The number of amides is 2. The average molecular weight is 373 g/mol. The highest BCUT2D eigenvalue weighted by atomic mass is 16.2. The van der Waals surface area contributed by atoms with Crippen molar-refractivity contribution in [2.24, 2.45) is 11.8 Å². The maximum Gasteiger partial charge on any atom is 0.225 e. The average Bonchev–Trinajstić information content (AvgIpc) is 2.74. The lowest BCUT2D eigenvalue weighted by Crippen LogP contribution is -2.51. The van der Waals surface area contributed by atoms with Gasteiger partial charge in [0.1, 0.15) is 5.82 Å². The van der Waals surface area contributed by atoms with Crippen LogP contribution in [-0.4, -0.2) is 54.4 Å². The molecule has 1 N–H and O–H groups in total. The van der Waals surface area contributed by atoms with Crippen molar-refractivity contribution < 1.29 is 9.59 Å². The van der Waals surface area contributed by atoms with Crippen molar-refractivity contribution in [3.8, 4) is 0 Å². The quantitative estimate of drug-likeness (QED) is 0.779. The van der Waals surface area contributed by atoms with Crippen LogP contribution >= 0.6 is 0 Å². The SMILES string of the molecule is CCCCNC(=O)C1CCC(C(=O)N2CCN(c3ccccn3)CC2)CC1. The van der Waals surface area contributed by atoms with Gasteiger partial charge in [0.2, 0.25) is 11.8 Å². The van der Waals surface area contributed by atoms with Crippen LogP contribution in [0, 0.1) is 11.8 Å². The van der Waals surface area contributed by atoms with E-state index in [2.05, 4.69) is 22.1 Å². The van der Waals surface area contributed by atoms with Gasteiger partial charge in [-0.15, -0.1) is 0 Å². The summed E-state index contributed by atoms with van der Waals surface area (Å²) in [7, 11) is 0. The van der Waals surface area contributed by atoms with Gasteiger partial charge in [-0.25, -0.2) is 4.98 Å². The van der Waals surface area contributed by atoms with Gasteiger partial charge in [-0.2, -0.15) is 0 Å². The Morgan fingerprint density at radius 2 is 1.78 bits per heavy atom. The second-order valence-electron chi connectivity index (χ2n) is 7.69. The normalized spacial score (nSPS) is 23.1. The van der Waals surface area contributed by atoms with Crippen LogP contribution in [0.4, 0.5) is 5.82 Å². The number of piperazine rings is 1. The highest BCUT2D eigenvalue weighted by molar-refractivity contribution is 5.81. The van der Waals surface area contributed by atoms with Crippen LogP contribution in [0.2, 0.25) is 0 Å². The fraction of sp³-hybridized carbons (Fsp3) is 0.667. The van der Waals surface area contributed by atoms with E-state index in [1.165, 1.54) is 0 Å². The minimum atomic E-state index is 0.0890. The molecule has 1 aliphatic carbocycles. The molecule has 148 valence electrons. The standard InChI is InChI=1S/C21H32N4O2/c1-2-3-11-23-20(26)17-7-9-18(10-8-17)21(27)25-15-13-24(14-16-25)19-6-4-5-12-22-19/h4-6,12,17-18H,2-3,7-11,13-16H2,1H3,(H,23,26). The number of carbonyl (C=O) groups is 2. The molecule has 0 atom stereocenters. The molecule has 6 nitrogen and oxygen atoms in total. The van der Waals surface area contributed by atoms with Gasteiger partial charge in [-0.3, -0.25) is 9.59 Å². The van der Waals surface area contributed by atoms with Gasteiger partial charge in [0, 0.05) is 50.8 Å². The number of carbonyl (C=O) groups excluding carboxylic acids is 2. The Morgan fingerprint density at radius 1 is 1.07 bits per heavy atom. The monoisotopic (exact) mass is 372 g/mol. The van der Waals surface area contributed by atoms with E-state index in [0.29, 0.717) is 0 Å². The molecule has 27 heavy (non-hydrogen) atoms. The van der Waals surface area contributed by atoms with Crippen molar-refractivity contribution in [2.45, 2.75) is 45.4 Å². The van der Waals surface area contributed by atoms with Gasteiger partial charge in [0.05, 0.1) is 0 Å². The Bertz CT molecular complexity index is 606. The summed E-state index contributed by atoms with van der Waals surface area (Å²) in [4.78, 5) is 33.7. The van der Waals surface area contributed by atoms with Gasteiger partial charge in [-0.1, -0.05) is 19.4 Å². The molecule has 1 aliphatic heterocycles. The first-order chi connectivity index (χ1) is 13.2. The number of hydrogen-bond acceptors (Lipinski definition) is 4. The zero-order valence-corrected chi connectivity index (χ0v) is 16.4. The second-order valence-corrected chi connectivity index (χ2v) is 7.69. The maximum atomic E-state index is 12.9. The second kappa shape index (κ2) is 9.72. The number of rotatable bonds is 6. The van der Waals surface area contributed by atoms with E-state index in [4.69, 9.17) is 0 Å². The van der Waals surface area contributed by atoms with Crippen molar-refractivity contribution in [1.29, 1.82) is 0 Å². The summed E-state index contributed by atoms with van der Waals surface area (Å²) in [5.74, 6) is 1.62. The Kier molecular flexibility index (Phi) is 7.07. The highest BCUT2D eigenvalue weighted by Crippen LogP contribution is 2.30. The lowest BCUT2D eigenvalue weighted by Gasteiger charge is -2.38. The van der Waals surface area contributed by atoms with Crippen LogP contribution < -0.4 is 10.2 Å². The lowest BCUT2D eigenvalue weighted by molar-refractivity contribution is -0.138. The Balaban J connectivity index is 1.41. The summed E-state index contributed by atoms with van der Waals surface area (Å²) in [6, 6.07) is 5.94. The van der Waals surface area contributed by atoms with Gasteiger partial charge >= 0.3 is 0 Å². The Labute approximate surface area is 162 Å². The van der Waals surface area contributed by atoms with E-state index < -0.39 is 0 Å². The summed E-state index contributed by atoms with van der Waals surface area (Å²) >= 11 is 0. The van der Waals surface area contributed by atoms with Crippen LogP contribution in [0.5, 0.6) is 0 Å². The van der Waals surface area contributed by atoms with E-state index in [1.54, 1.807) is 0 Å². The third-order valence-corrected chi connectivity index (χ3v) is 5.84. The van der Waals surface area contributed by atoms with Crippen molar-refractivity contribution in [1.82, 2.24) is 15.2 Å². The molecule has 0 aromatic carbocycles. The summed E-state index contributed by atoms with van der Waals surface area (Å²) in [6.45, 7) is 6.07. The number of pyridine rings is 1. The fourth-order valence-corrected chi connectivity index (χ4v) is 4.09. The summed E-state index contributed by atoms with van der Waals surface area (Å²) in [5, 5.41) is 3.04. The molecule has 1 aromatic heterocycles. The molecule has 1 saturated carbocycles. The molecule has 1 saturated heterocycles. The summed E-state index contributed by atoms with van der Waals surface area (Å²) < 4.78 is 0. The van der Waals surface area contributed by atoms with E-state index in [9.17, 15) is 9.59 Å². The molecule has 0 spiro atoms. The van der Waals surface area contributed by atoms with Crippen molar-refractivity contribution in [3.63, 3.8) is 0 Å². The van der Waals surface area contributed by atoms with Crippen LogP contribution in [0.25, 0.3) is 0 Å². The van der Waals surface area contributed by atoms with Crippen LogP contribution in [-0.2, 0) is 9.59 Å². The van der Waals surface area contributed by atoms with Crippen molar-refractivity contribution >= 4 is 17.6 Å². The molecule has 0 unspecified atom stereocenters. The predicted molar refractivity (Wildman–Crippen MR) is 106 cm³/mol. The first-order valence-electron chi connectivity index (χ1n) is 10.4. The maximum absolute atomic E-state index is 12.9. The third kappa shape index (κ3) is 5.21. The van der Waals surface area contributed by atoms with Crippen molar-refractivity contribution in [3.05, 3.63) is 24.4 Å². The zero-order chi connectivity index (χ0) is 19.1. The van der Waals surface area contributed by atoms with E-state index in [-0.39, 0.29) is 23.7 Å². The topological polar surface area (TPSA) is 65.5 Å². The van der Waals surface area contributed by atoms with Gasteiger partial charge < -0.3 is 15.1 Å². The predicted octanol–water partition coefficient (Wildman–Crippen LogP) is 2.45. The van der Waals surface area contributed by atoms with Crippen LogP contribution in [0.1, 0.15) is 45.4 Å². The smallest absolute Gasteiger partial charge is 0.225 e. The molecular formula is C21H32N4O2. The van der Waals surface area contributed by atoms with E-state index in [1.807, 2.05) is 29.3 Å². The zero-order valence-electron chi connectivity index (χ0n) is 16.4. The number of aromatic nitrogens is 1. The number of nitrogens with zero attached hydrogens (tertiary/aromatic N) is 3. The molecule has 2 amide bonds. The van der Waals surface area contributed by atoms with Crippen LogP contribution in [0.3, 0.4) is 0 Å². The molecule has 6 heteroatoms. The Hall–Kier alpha value is -2.11. The molecule has 1 aromatic rings. The minimum absolute atomic E-state index is 0.0890. The molecule has 2 aliphatic rings. The molecule has 0 radical (unpaired) electrons. The van der Waals surface area contributed by atoms with Crippen molar-refractivity contribution in [2.75, 3.05) is 37.6 Å². The van der Waals surface area contributed by atoms with Crippen LogP contribution in [0.15, 0.2) is 24.4 Å². The first-order valence-corrected chi connectivity index (χ1v) is 10.4. The number of hydrogen-bond donors (Lipinski definition) is 1. The summed E-state index contributed by atoms with van der Waals surface area (Å²) in [6.07, 6.45) is 7.28. The van der Waals surface area contributed by atoms with E-state index in [0.717, 1.165) is 77.1 Å². The fourth-order valence-electron chi connectivity index (χ4n) is 4.09. The molecule has 3 rings (SSSR count). The molecule has 2 heterocycles. The Morgan fingerprint density at radius 3 is 2.41 bits per heavy atom. The number of unbranched alkanes of at least 4 members (excludes halogenated alkanes) is 1. The molecule has 2 fully saturated rings. The molecule has 0 bridgehead atoms. The van der Waals surface area contributed by atoms with E-state index >= 15 is 0 Å². The summed E-state index contributed by atoms with van der Waals surface area (Å²) in [5.41, 5.74) is 0. The first kappa shape index (κ1) is 19.6. The molecular weight excluding hydrogens is 340 g/mol. The van der Waals surface area contributed by atoms with Gasteiger partial charge in [0.15, 0.2) is 0 Å². The largest absolute Gasteiger partial charge is 0.356 e. The van der Waals surface area contributed by atoms with Gasteiger partial charge in [-0.05, 0) is 44.2 Å². The van der Waals surface area contributed by atoms with Gasteiger partial charge in [0.25, 0.3) is 0 Å². The highest BCUT2D eigenvalue weighted by Gasteiger charge is 2.33. The minimum Gasteiger partial charge on any atom is -0.356 e. The number of nitrogens with one attached hydrogen (secondary N) is 1.